The summed E-state index contributed by atoms with van der Waals surface area (Å²) in [5.74, 6) is -0.589. The molecule has 3 nitrogen and oxygen atoms in total. The lowest BCUT2D eigenvalue weighted by molar-refractivity contribution is -0.137. The van der Waals surface area contributed by atoms with Gasteiger partial charge in [-0.2, -0.15) is 13.2 Å². The molecule has 0 aliphatic rings. The van der Waals surface area contributed by atoms with Gasteiger partial charge in [-0.25, -0.2) is 0 Å². The van der Waals surface area contributed by atoms with Gasteiger partial charge in [-0.05, 0) is 36.6 Å². The molecule has 0 radical (unpaired) electrons. The number of amides is 1. The summed E-state index contributed by atoms with van der Waals surface area (Å²) in [5.41, 5.74) is 9.08. The molecule has 3 aromatic rings. The first kappa shape index (κ1) is 19.7. The van der Waals surface area contributed by atoms with Gasteiger partial charge in [0, 0.05) is 23.5 Å². The lowest BCUT2D eigenvalue weighted by Gasteiger charge is -2.12. The Labute approximate surface area is 161 Å². The predicted octanol–water partition coefficient (Wildman–Crippen LogP) is 5.19. The number of rotatable bonds is 5. The van der Waals surface area contributed by atoms with Crippen LogP contribution < -0.4 is 5.73 Å². The second-order valence-electron chi connectivity index (χ2n) is 6.65. The maximum Gasteiger partial charge on any atom is 0.416 e. The quantitative estimate of drug-likeness (QED) is 0.644. The van der Waals surface area contributed by atoms with Crippen LogP contribution in [0.15, 0.2) is 54.6 Å². The highest BCUT2D eigenvalue weighted by Crippen LogP contribution is 2.36. The Balaban J connectivity index is 2.17. The van der Waals surface area contributed by atoms with E-state index in [0.29, 0.717) is 35.3 Å². The number of carbonyl (C=O) groups is 1. The van der Waals surface area contributed by atoms with E-state index in [1.807, 2.05) is 48.7 Å². The molecule has 2 aromatic carbocycles. The van der Waals surface area contributed by atoms with E-state index in [1.165, 1.54) is 12.1 Å². The van der Waals surface area contributed by atoms with Crippen molar-refractivity contribution in [1.82, 2.24) is 4.57 Å². The Bertz CT molecular complexity index is 987. The van der Waals surface area contributed by atoms with E-state index >= 15 is 0 Å². The number of alkyl halides is 3. The molecule has 0 saturated carbocycles. The summed E-state index contributed by atoms with van der Waals surface area (Å²) in [6.07, 6.45) is -3.80. The van der Waals surface area contributed by atoms with Gasteiger partial charge in [-0.1, -0.05) is 49.4 Å². The van der Waals surface area contributed by atoms with E-state index in [4.69, 9.17) is 5.73 Å². The van der Waals surface area contributed by atoms with E-state index in [0.717, 1.165) is 23.4 Å². The predicted molar refractivity (Wildman–Crippen MR) is 103 cm³/mol. The highest BCUT2D eigenvalue weighted by Gasteiger charge is 2.31. The number of nitrogens with zero attached hydrogens (tertiary/aromatic N) is 1. The third-order valence-corrected chi connectivity index (χ3v) is 4.90. The average molecular weight is 386 g/mol. The van der Waals surface area contributed by atoms with Crippen molar-refractivity contribution in [3.8, 4) is 11.1 Å². The summed E-state index contributed by atoms with van der Waals surface area (Å²) in [4.78, 5) is 12.2. The molecule has 2 N–H and O–H groups in total. The van der Waals surface area contributed by atoms with Gasteiger partial charge >= 0.3 is 6.18 Å². The number of aromatic nitrogens is 1. The van der Waals surface area contributed by atoms with Crippen molar-refractivity contribution in [2.45, 2.75) is 33.0 Å². The van der Waals surface area contributed by atoms with Crippen LogP contribution in [-0.2, 0) is 19.1 Å². The molecule has 0 unspecified atom stereocenters. The first-order valence-corrected chi connectivity index (χ1v) is 8.97. The highest BCUT2D eigenvalue weighted by molar-refractivity contribution is 6.02. The van der Waals surface area contributed by atoms with Gasteiger partial charge in [0.25, 0.3) is 5.91 Å². The van der Waals surface area contributed by atoms with Crippen LogP contribution in [0, 0.1) is 6.92 Å². The number of hydrogen-bond donors (Lipinski definition) is 1. The topological polar surface area (TPSA) is 48.0 Å². The summed E-state index contributed by atoms with van der Waals surface area (Å²) in [6.45, 7) is 4.32. The molecule has 0 fully saturated rings. The summed E-state index contributed by atoms with van der Waals surface area (Å²) in [7, 11) is 0. The molecule has 0 aliphatic heterocycles. The molecule has 3 rings (SSSR count). The molecule has 0 saturated heterocycles. The number of hydrogen-bond acceptors (Lipinski definition) is 1. The summed E-state index contributed by atoms with van der Waals surface area (Å²) in [5, 5.41) is 0. The van der Waals surface area contributed by atoms with Crippen LogP contribution in [0.3, 0.4) is 0 Å². The van der Waals surface area contributed by atoms with Crippen molar-refractivity contribution in [3.05, 3.63) is 82.7 Å². The van der Waals surface area contributed by atoms with E-state index in [1.54, 1.807) is 0 Å². The van der Waals surface area contributed by atoms with Gasteiger partial charge in [0.15, 0.2) is 0 Å². The molecule has 1 heterocycles. The molecule has 0 atom stereocenters. The number of benzene rings is 2. The van der Waals surface area contributed by atoms with Crippen molar-refractivity contribution in [2.24, 2.45) is 5.73 Å². The summed E-state index contributed by atoms with van der Waals surface area (Å²) >= 11 is 0. The Morgan fingerprint density at radius 2 is 1.64 bits per heavy atom. The van der Waals surface area contributed by atoms with Crippen LogP contribution in [0.25, 0.3) is 11.1 Å². The van der Waals surface area contributed by atoms with E-state index in [-0.39, 0.29) is 0 Å². The maximum absolute atomic E-state index is 12.9. The molecular formula is C22H21F3N2O. The van der Waals surface area contributed by atoms with E-state index < -0.39 is 17.6 Å². The monoisotopic (exact) mass is 386 g/mol. The highest BCUT2D eigenvalue weighted by atomic mass is 19.4. The normalized spacial score (nSPS) is 11.6. The third-order valence-electron chi connectivity index (χ3n) is 4.90. The molecule has 0 aliphatic carbocycles. The smallest absolute Gasteiger partial charge is 0.366 e. The lowest BCUT2D eigenvalue weighted by atomic mass is 9.97. The summed E-state index contributed by atoms with van der Waals surface area (Å²) < 4.78 is 40.7. The van der Waals surface area contributed by atoms with E-state index in [9.17, 15) is 18.0 Å². The first-order valence-electron chi connectivity index (χ1n) is 8.97. The first-order chi connectivity index (χ1) is 13.2. The van der Waals surface area contributed by atoms with Gasteiger partial charge < -0.3 is 10.3 Å². The third kappa shape index (κ3) is 3.67. The van der Waals surface area contributed by atoms with Crippen LogP contribution in [0.2, 0.25) is 0 Å². The minimum atomic E-state index is -4.41. The van der Waals surface area contributed by atoms with Crippen molar-refractivity contribution in [3.63, 3.8) is 0 Å². The molecule has 28 heavy (non-hydrogen) atoms. The minimum absolute atomic E-state index is 0.354. The van der Waals surface area contributed by atoms with Gasteiger partial charge in [0.05, 0.1) is 11.1 Å². The fourth-order valence-corrected chi connectivity index (χ4v) is 3.58. The molecule has 0 bridgehead atoms. The molecule has 6 heteroatoms. The summed E-state index contributed by atoms with van der Waals surface area (Å²) in [6, 6.07) is 14.6. The van der Waals surface area contributed by atoms with Gasteiger partial charge in [0.2, 0.25) is 0 Å². The fourth-order valence-electron chi connectivity index (χ4n) is 3.58. The molecule has 146 valence electrons. The Kier molecular flexibility index (Phi) is 5.31. The fraction of sp³-hybridized carbons (Fsp3) is 0.227. The Hall–Kier alpha value is -3.02. The molecular weight excluding hydrogens is 365 g/mol. The van der Waals surface area contributed by atoms with Gasteiger partial charge in [-0.3, -0.25) is 4.79 Å². The van der Waals surface area contributed by atoms with E-state index in [2.05, 4.69) is 0 Å². The Morgan fingerprint density at radius 3 is 2.14 bits per heavy atom. The largest absolute Gasteiger partial charge is 0.416 e. The zero-order valence-corrected chi connectivity index (χ0v) is 15.7. The zero-order chi connectivity index (χ0) is 20.5. The van der Waals surface area contributed by atoms with Crippen LogP contribution in [0.5, 0.6) is 0 Å². The van der Waals surface area contributed by atoms with Crippen LogP contribution in [-0.4, -0.2) is 10.5 Å². The minimum Gasteiger partial charge on any atom is -0.366 e. The second-order valence-corrected chi connectivity index (χ2v) is 6.65. The SMILES string of the molecule is CCc1c(-c2ccc(C(F)(F)F)cc2)c(C(N)=O)c(C)n1Cc1ccccc1. The van der Waals surface area contributed by atoms with Crippen molar-refractivity contribution >= 4 is 5.91 Å². The van der Waals surface area contributed by atoms with Crippen LogP contribution >= 0.6 is 0 Å². The lowest BCUT2D eigenvalue weighted by Crippen LogP contribution is -2.13. The van der Waals surface area contributed by atoms with Crippen molar-refractivity contribution in [1.29, 1.82) is 0 Å². The van der Waals surface area contributed by atoms with Crippen molar-refractivity contribution < 1.29 is 18.0 Å². The Morgan fingerprint density at radius 1 is 1.04 bits per heavy atom. The number of nitrogens with two attached hydrogens (primary N) is 1. The van der Waals surface area contributed by atoms with Gasteiger partial charge in [-0.15, -0.1) is 0 Å². The maximum atomic E-state index is 12.9. The van der Waals surface area contributed by atoms with Gasteiger partial charge in [0.1, 0.15) is 0 Å². The average Bonchev–Trinajstić information content (AvgIpc) is 2.94. The molecule has 1 amide bonds. The van der Waals surface area contributed by atoms with Crippen LogP contribution in [0.1, 0.15) is 39.8 Å². The number of carbonyl (C=O) groups excluding carboxylic acids is 1. The zero-order valence-electron chi connectivity index (χ0n) is 15.7. The molecule has 0 spiro atoms. The standard InChI is InChI=1S/C22H21F3N2O/c1-3-18-20(16-9-11-17(12-10-16)22(23,24)25)19(21(26)28)14(2)27(18)13-15-7-5-4-6-8-15/h4-12H,3,13H2,1-2H3,(H2,26,28). The van der Waals surface area contributed by atoms with Crippen LogP contribution in [0.4, 0.5) is 13.2 Å². The molecule has 1 aromatic heterocycles. The van der Waals surface area contributed by atoms with Crippen molar-refractivity contribution in [2.75, 3.05) is 0 Å². The number of halogens is 3. The number of primary amides is 1. The second kappa shape index (κ2) is 7.54.